The second-order valence-corrected chi connectivity index (χ2v) is 7.50. The molecule has 5 rings (SSSR count). The van der Waals surface area contributed by atoms with Crippen LogP contribution >= 0.6 is 0 Å². The van der Waals surface area contributed by atoms with E-state index in [0.717, 1.165) is 22.2 Å². The average Bonchev–Trinajstić information content (AvgIpc) is 3.09. The van der Waals surface area contributed by atoms with E-state index in [0.29, 0.717) is 46.6 Å². The third-order valence-corrected chi connectivity index (χ3v) is 5.58. The third-order valence-electron chi connectivity index (χ3n) is 5.58. The van der Waals surface area contributed by atoms with Crippen LogP contribution < -0.4 is 10.6 Å². The van der Waals surface area contributed by atoms with Gasteiger partial charge in [-0.15, -0.1) is 0 Å². The third kappa shape index (κ3) is 3.09. The molecular weight excluding hydrogens is 393 g/mol. The maximum absolute atomic E-state index is 14.7. The summed E-state index contributed by atoms with van der Waals surface area (Å²) in [5.74, 6) is -0.523. The van der Waals surface area contributed by atoms with Crippen LogP contribution in [0.25, 0.3) is 33.3 Å². The molecular formula is C24H18FN5O. The van der Waals surface area contributed by atoms with Crippen molar-refractivity contribution >= 4 is 22.5 Å². The van der Waals surface area contributed by atoms with E-state index >= 15 is 0 Å². The molecule has 3 N–H and O–H groups in total. The molecule has 2 heterocycles. The van der Waals surface area contributed by atoms with Gasteiger partial charge >= 0.3 is 0 Å². The van der Waals surface area contributed by atoms with Gasteiger partial charge in [0.15, 0.2) is 0 Å². The zero-order valence-corrected chi connectivity index (χ0v) is 16.7. The fraction of sp³-hybridized carbons (Fsp3) is 0.125. The predicted molar refractivity (Wildman–Crippen MR) is 117 cm³/mol. The van der Waals surface area contributed by atoms with Gasteiger partial charge in [0.05, 0.1) is 28.4 Å². The topological polar surface area (TPSA) is 93.6 Å². The Kier molecular flexibility index (Phi) is 4.41. The summed E-state index contributed by atoms with van der Waals surface area (Å²) in [6.45, 7) is 3.03. The van der Waals surface area contributed by atoms with Crippen LogP contribution in [-0.4, -0.2) is 29.2 Å². The fourth-order valence-corrected chi connectivity index (χ4v) is 4.06. The number of hydrogen-bond donors (Lipinski definition) is 3. The Morgan fingerprint density at radius 2 is 1.90 bits per heavy atom. The van der Waals surface area contributed by atoms with Crippen LogP contribution in [0, 0.1) is 24.1 Å². The normalized spacial score (nSPS) is 13.1. The number of carbonyl (C=O) groups excluding carboxylic acids is 1. The molecule has 0 fully saturated rings. The molecule has 0 bridgehead atoms. The number of H-pyrrole nitrogens is 1. The Morgan fingerprint density at radius 3 is 2.71 bits per heavy atom. The molecule has 3 aromatic carbocycles. The SMILES string of the molecule is Cc1cccc(F)c1-c1cc2c(-c3ccc4c(c3)C(=O)NCCN4)n[nH]c2cc1C#N. The molecule has 1 aliphatic heterocycles. The highest BCUT2D eigenvalue weighted by Crippen LogP contribution is 2.36. The predicted octanol–water partition coefficient (Wildman–Crippen LogP) is 4.37. The summed E-state index contributed by atoms with van der Waals surface area (Å²) >= 11 is 0. The number of fused-ring (bicyclic) bond motifs is 2. The number of aryl methyl sites for hydroxylation is 1. The van der Waals surface area contributed by atoms with Gasteiger partial charge in [0.25, 0.3) is 5.91 Å². The van der Waals surface area contributed by atoms with Gasteiger partial charge < -0.3 is 10.6 Å². The summed E-state index contributed by atoms with van der Waals surface area (Å²) in [4.78, 5) is 12.4. The summed E-state index contributed by atoms with van der Waals surface area (Å²) in [6, 6.07) is 16.1. The Labute approximate surface area is 177 Å². The number of carbonyl (C=O) groups is 1. The number of rotatable bonds is 2. The first-order valence-electron chi connectivity index (χ1n) is 9.91. The van der Waals surface area contributed by atoms with Gasteiger partial charge in [-0.2, -0.15) is 10.4 Å². The second-order valence-electron chi connectivity index (χ2n) is 7.50. The van der Waals surface area contributed by atoms with Gasteiger partial charge in [-0.1, -0.05) is 18.2 Å². The number of nitriles is 1. The van der Waals surface area contributed by atoms with Gasteiger partial charge in [0.2, 0.25) is 0 Å². The van der Waals surface area contributed by atoms with Crippen LogP contribution in [0.15, 0.2) is 48.5 Å². The van der Waals surface area contributed by atoms with Crippen LogP contribution in [0.1, 0.15) is 21.5 Å². The van der Waals surface area contributed by atoms with Crippen molar-refractivity contribution in [1.82, 2.24) is 15.5 Å². The monoisotopic (exact) mass is 411 g/mol. The summed E-state index contributed by atoms with van der Waals surface area (Å²) in [6.07, 6.45) is 0. The van der Waals surface area contributed by atoms with Crippen LogP contribution in [0.2, 0.25) is 0 Å². The summed E-state index contributed by atoms with van der Waals surface area (Å²) in [7, 11) is 0. The second kappa shape index (κ2) is 7.26. The van der Waals surface area contributed by atoms with Crippen molar-refractivity contribution in [3.63, 3.8) is 0 Å². The molecule has 0 saturated carbocycles. The minimum atomic E-state index is -0.381. The van der Waals surface area contributed by atoms with Crippen molar-refractivity contribution in [1.29, 1.82) is 5.26 Å². The van der Waals surface area contributed by atoms with Gasteiger partial charge in [-0.3, -0.25) is 9.89 Å². The average molecular weight is 411 g/mol. The van der Waals surface area contributed by atoms with Crippen molar-refractivity contribution in [2.45, 2.75) is 6.92 Å². The number of halogens is 1. The number of nitrogens with zero attached hydrogens (tertiary/aromatic N) is 2. The first-order valence-corrected chi connectivity index (χ1v) is 9.91. The van der Waals surface area contributed by atoms with Crippen LogP contribution in [0.3, 0.4) is 0 Å². The van der Waals surface area contributed by atoms with E-state index in [2.05, 4.69) is 26.9 Å². The van der Waals surface area contributed by atoms with Crippen molar-refractivity contribution in [3.8, 4) is 28.5 Å². The summed E-state index contributed by atoms with van der Waals surface area (Å²) in [5, 5.41) is 23.9. The van der Waals surface area contributed by atoms with Crippen molar-refractivity contribution in [2.24, 2.45) is 0 Å². The molecule has 4 aromatic rings. The zero-order chi connectivity index (χ0) is 21.5. The Bertz CT molecular complexity index is 1380. The minimum Gasteiger partial charge on any atom is -0.383 e. The zero-order valence-electron chi connectivity index (χ0n) is 16.7. The summed E-state index contributed by atoms with van der Waals surface area (Å²) in [5.41, 5.74) is 5.40. The smallest absolute Gasteiger partial charge is 0.253 e. The van der Waals surface area contributed by atoms with E-state index in [9.17, 15) is 14.4 Å². The van der Waals surface area contributed by atoms with Crippen LogP contribution in [0.4, 0.5) is 10.1 Å². The van der Waals surface area contributed by atoms with Gasteiger partial charge in [0.1, 0.15) is 5.82 Å². The highest BCUT2D eigenvalue weighted by molar-refractivity contribution is 6.03. The Hall–Kier alpha value is -4.18. The minimum absolute atomic E-state index is 0.142. The maximum Gasteiger partial charge on any atom is 0.253 e. The molecule has 1 aromatic heterocycles. The quantitative estimate of drug-likeness (QED) is 0.457. The van der Waals surface area contributed by atoms with E-state index in [-0.39, 0.29) is 11.7 Å². The molecule has 1 aliphatic rings. The van der Waals surface area contributed by atoms with Gasteiger partial charge in [-0.25, -0.2) is 4.39 Å². The lowest BCUT2D eigenvalue weighted by Crippen LogP contribution is -2.24. The first kappa shape index (κ1) is 18.8. The molecule has 0 unspecified atom stereocenters. The number of amides is 1. The van der Waals surface area contributed by atoms with Crippen molar-refractivity contribution in [2.75, 3.05) is 18.4 Å². The van der Waals surface area contributed by atoms with E-state index in [1.54, 1.807) is 24.3 Å². The Balaban J connectivity index is 1.72. The molecule has 0 saturated heterocycles. The van der Waals surface area contributed by atoms with E-state index in [1.807, 2.05) is 25.1 Å². The fourth-order valence-electron chi connectivity index (χ4n) is 4.06. The van der Waals surface area contributed by atoms with Crippen molar-refractivity contribution in [3.05, 3.63) is 71.0 Å². The lowest BCUT2D eigenvalue weighted by atomic mass is 9.93. The molecule has 0 aliphatic carbocycles. The molecule has 152 valence electrons. The molecule has 0 spiro atoms. The van der Waals surface area contributed by atoms with Crippen LogP contribution in [0.5, 0.6) is 0 Å². The largest absolute Gasteiger partial charge is 0.383 e. The van der Waals surface area contributed by atoms with Gasteiger partial charge in [0, 0.05) is 40.9 Å². The molecule has 7 heteroatoms. The van der Waals surface area contributed by atoms with E-state index in [1.165, 1.54) is 6.07 Å². The molecule has 6 nitrogen and oxygen atoms in total. The van der Waals surface area contributed by atoms with E-state index in [4.69, 9.17) is 0 Å². The standard InChI is InChI=1S/C24H18FN5O/c1-13-3-2-4-19(25)22(13)16-11-17-21(10-15(16)12-26)29-30-23(17)14-5-6-20-18(9-14)24(31)28-8-7-27-20/h2-6,9-11,27H,7-8H2,1H3,(H,28,31)(H,29,30). The number of nitrogens with one attached hydrogen (secondary N) is 3. The van der Waals surface area contributed by atoms with Crippen molar-refractivity contribution < 1.29 is 9.18 Å². The number of hydrogen-bond acceptors (Lipinski definition) is 4. The molecule has 0 radical (unpaired) electrons. The highest BCUT2D eigenvalue weighted by atomic mass is 19.1. The van der Waals surface area contributed by atoms with Gasteiger partial charge in [-0.05, 0) is 42.8 Å². The number of anilines is 1. The lowest BCUT2D eigenvalue weighted by Gasteiger charge is -2.11. The molecule has 31 heavy (non-hydrogen) atoms. The maximum atomic E-state index is 14.7. The number of aromatic amines is 1. The number of aromatic nitrogens is 2. The molecule has 0 atom stereocenters. The van der Waals surface area contributed by atoms with E-state index < -0.39 is 0 Å². The lowest BCUT2D eigenvalue weighted by molar-refractivity contribution is 0.0958. The highest BCUT2D eigenvalue weighted by Gasteiger charge is 2.20. The Morgan fingerprint density at radius 1 is 1.06 bits per heavy atom. The van der Waals surface area contributed by atoms with Crippen LogP contribution in [-0.2, 0) is 0 Å². The summed E-state index contributed by atoms with van der Waals surface area (Å²) < 4.78 is 14.7. The number of benzene rings is 3. The first-order chi connectivity index (χ1) is 15.1. The molecule has 1 amide bonds.